The molecule has 186 valence electrons. The topological polar surface area (TPSA) is 79.6 Å². The Hall–Kier alpha value is -3.31. The average Bonchev–Trinajstić information content (AvgIpc) is 3.19. The molecule has 0 N–H and O–H groups in total. The minimum absolute atomic E-state index is 0.237. The lowest BCUT2D eigenvalue weighted by Crippen LogP contribution is -2.45. The zero-order valence-corrected chi connectivity index (χ0v) is 19.1. The fourth-order valence-corrected chi connectivity index (χ4v) is 4.15. The zero-order chi connectivity index (χ0) is 24.8. The molecule has 1 saturated heterocycles. The molecule has 2 aromatic rings. The van der Waals surface area contributed by atoms with Crippen molar-refractivity contribution in [3.05, 3.63) is 64.7 Å². The minimum atomic E-state index is -2.94. The molecule has 0 spiro atoms. The first kappa shape index (κ1) is 24.8. The molecule has 2 aliphatic heterocycles. The number of carbonyl (C=O) groups is 1. The van der Waals surface area contributed by atoms with Gasteiger partial charge in [-0.25, -0.2) is 9.40 Å². The molecule has 1 amide bonds. The molecule has 2 aliphatic rings. The minimum Gasteiger partial charge on any atom is -0.471 e. The van der Waals surface area contributed by atoms with Crippen LogP contribution in [-0.2, 0) is 29.2 Å². The second-order valence-electron chi connectivity index (χ2n) is 8.40. The molecule has 0 saturated carbocycles. The van der Waals surface area contributed by atoms with Crippen molar-refractivity contribution in [2.75, 3.05) is 19.8 Å². The van der Waals surface area contributed by atoms with Crippen molar-refractivity contribution in [2.45, 2.75) is 39.0 Å². The third-order valence-electron chi connectivity index (χ3n) is 5.96. The molecule has 11 heteroatoms. The number of amides is 1. The van der Waals surface area contributed by atoms with E-state index < -0.39 is 12.3 Å². The first-order chi connectivity index (χ1) is 16.9. The van der Waals surface area contributed by atoms with E-state index in [0.29, 0.717) is 49.0 Å². The van der Waals surface area contributed by atoms with E-state index in [9.17, 15) is 18.0 Å². The van der Waals surface area contributed by atoms with Crippen LogP contribution < -0.4 is 0 Å². The molecule has 0 aliphatic carbocycles. The Balaban J connectivity index is 1.51. The smallest absolute Gasteiger partial charge is 0.314 e. The van der Waals surface area contributed by atoms with E-state index in [1.165, 1.54) is 18.3 Å². The molecule has 1 fully saturated rings. The molecule has 8 nitrogen and oxygen atoms in total. The lowest BCUT2D eigenvalue weighted by Gasteiger charge is -2.35. The number of halogens is 3. The number of hydrazine groups is 1. The van der Waals surface area contributed by atoms with Crippen molar-refractivity contribution in [3.8, 4) is 0 Å². The summed E-state index contributed by atoms with van der Waals surface area (Å²) in [5.74, 6) is -1.06. The van der Waals surface area contributed by atoms with Gasteiger partial charge in [-0.1, -0.05) is 12.1 Å². The number of fused-ring (bicyclic) bond motifs is 1. The number of benzene rings is 1. The van der Waals surface area contributed by atoms with E-state index in [2.05, 4.69) is 21.9 Å². The maximum atomic E-state index is 13.4. The van der Waals surface area contributed by atoms with Gasteiger partial charge in [-0.05, 0) is 42.5 Å². The van der Waals surface area contributed by atoms with Gasteiger partial charge in [-0.15, -0.1) is 5.10 Å². The summed E-state index contributed by atoms with van der Waals surface area (Å²) in [6, 6.07) is 7.80. The number of ether oxygens (including phenoxy) is 2. The van der Waals surface area contributed by atoms with E-state index in [1.807, 2.05) is 5.01 Å². The van der Waals surface area contributed by atoms with Gasteiger partial charge in [0.1, 0.15) is 12.4 Å². The summed E-state index contributed by atoms with van der Waals surface area (Å²) < 4.78 is 49.8. The molecule has 3 heterocycles. The SMILES string of the molecule is C=N/N=C(\OCc1cnc2c(c1)C(=O)N(N(Cc1ccc(F)cc1)CC1CCOCC1)C2)C(F)F. The van der Waals surface area contributed by atoms with E-state index in [0.717, 1.165) is 18.4 Å². The Kier molecular flexibility index (Phi) is 8.09. The summed E-state index contributed by atoms with van der Waals surface area (Å²) in [5, 5.41) is 9.88. The second-order valence-corrected chi connectivity index (χ2v) is 8.40. The predicted octanol–water partition coefficient (Wildman–Crippen LogP) is 3.82. The first-order valence-corrected chi connectivity index (χ1v) is 11.3. The van der Waals surface area contributed by atoms with Gasteiger partial charge in [-0.3, -0.25) is 14.8 Å². The lowest BCUT2D eigenvalue weighted by atomic mass is 10.00. The van der Waals surface area contributed by atoms with Crippen molar-refractivity contribution in [2.24, 2.45) is 16.1 Å². The largest absolute Gasteiger partial charge is 0.471 e. The van der Waals surface area contributed by atoms with Crippen molar-refractivity contribution in [3.63, 3.8) is 0 Å². The molecular formula is C24H26F3N5O3. The Labute approximate surface area is 201 Å². The first-order valence-electron chi connectivity index (χ1n) is 11.3. The fourth-order valence-electron chi connectivity index (χ4n) is 4.15. The Bertz CT molecular complexity index is 1070. The van der Waals surface area contributed by atoms with Gasteiger partial charge in [0.2, 0.25) is 0 Å². The monoisotopic (exact) mass is 489 g/mol. The quantitative estimate of drug-likeness (QED) is 0.304. The van der Waals surface area contributed by atoms with Gasteiger partial charge >= 0.3 is 6.43 Å². The van der Waals surface area contributed by atoms with Crippen molar-refractivity contribution in [1.29, 1.82) is 0 Å². The second kappa shape index (κ2) is 11.4. The normalized spacial score (nSPS) is 16.8. The number of hydrogen-bond acceptors (Lipinski definition) is 7. The number of carbonyl (C=O) groups excluding carboxylic acids is 1. The molecular weight excluding hydrogens is 463 g/mol. The van der Waals surface area contributed by atoms with E-state index in [-0.39, 0.29) is 24.9 Å². The van der Waals surface area contributed by atoms with Crippen LogP contribution >= 0.6 is 0 Å². The highest BCUT2D eigenvalue weighted by atomic mass is 19.3. The van der Waals surface area contributed by atoms with Crippen molar-refractivity contribution in [1.82, 2.24) is 15.0 Å². The predicted molar refractivity (Wildman–Crippen MR) is 122 cm³/mol. The summed E-state index contributed by atoms with van der Waals surface area (Å²) in [4.78, 5) is 17.8. The number of pyridine rings is 1. The van der Waals surface area contributed by atoms with Crippen LogP contribution in [-0.4, -0.2) is 59.7 Å². The third kappa shape index (κ3) is 6.23. The lowest BCUT2D eigenvalue weighted by molar-refractivity contribution is -0.0388. The molecule has 0 atom stereocenters. The maximum Gasteiger partial charge on any atom is 0.314 e. The van der Waals surface area contributed by atoms with Crippen LogP contribution in [0.2, 0.25) is 0 Å². The molecule has 0 unspecified atom stereocenters. The van der Waals surface area contributed by atoms with Crippen molar-refractivity contribution < 1.29 is 27.4 Å². The zero-order valence-electron chi connectivity index (χ0n) is 19.1. The van der Waals surface area contributed by atoms with Crippen LogP contribution in [0.1, 0.15) is 40.0 Å². The van der Waals surface area contributed by atoms with Crippen LogP contribution in [0, 0.1) is 11.7 Å². The van der Waals surface area contributed by atoms with Gasteiger partial charge < -0.3 is 9.47 Å². The number of rotatable bonds is 9. The summed E-state index contributed by atoms with van der Waals surface area (Å²) in [6.45, 7) is 5.52. The molecule has 0 bridgehead atoms. The van der Waals surface area contributed by atoms with Crippen LogP contribution in [0.3, 0.4) is 0 Å². The molecule has 1 aromatic heterocycles. The highest BCUT2D eigenvalue weighted by Gasteiger charge is 2.34. The highest BCUT2D eigenvalue weighted by Crippen LogP contribution is 2.27. The van der Waals surface area contributed by atoms with E-state index in [4.69, 9.17) is 9.47 Å². The number of nitrogens with zero attached hydrogens (tertiary/aromatic N) is 5. The molecule has 1 aromatic carbocycles. The molecule has 4 rings (SSSR count). The van der Waals surface area contributed by atoms with Crippen LogP contribution in [0.25, 0.3) is 0 Å². The standard InChI is InChI=1S/C24H26F3N5O3/c1-28-30-23(22(26)27)35-15-18-10-20-21(29-11-18)14-32(24(20)33)31(13-17-6-8-34-9-7-17)12-16-2-4-19(25)5-3-16/h2-5,10-11,17,22H,1,6-9,12-15H2/b30-23-. The number of aromatic nitrogens is 1. The summed E-state index contributed by atoms with van der Waals surface area (Å²) in [6.07, 6.45) is 0.331. The van der Waals surface area contributed by atoms with Gasteiger partial charge in [0, 0.05) is 44.8 Å². The van der Waals surface area contributed by atoms with Crippen LogP contribution in [0.15, 0.2) is 46.7 Å². The van der Waals surface area contributed by atoms with Crippen LogP contribution in [0.5, 0.6) is 0 Å². The maximum absolute atomic E-state index is 13.4. The van der Waals surface area contributed by atoms with Crippen LogP contribution in [0.4, 0.5) is 13.2 Å². The summed E-state index contributed by atoms with van der Waals surface area (Å²) in [7, 11) is 0. The fraction of sp³-hybridized carbons (Fsp3) is 0.417. The van der Waals surface area contributed by atoms with Crippen molar-refractivity contribution >= 4 is 18.5 Å². The van der Waals surface area contributed by atoms with Gasteiger partial charge in [0.15, 0.2) is 0 Å². The number of alkyl halides is 2. The number of hydrogen-bond donors (Lipinski definition) is 0. The summed E-state index contributed by atoms with van der Waals surface area (Å²) >= 11 is 0. The molecule has 0 radical (unpaired) electrons. The van der Waals surface area contributed by atoms with E-state index in [1.54, 1.807) is 23.2 Å². The third-order valence-corrected chi connectivity index (χ3v) is 5.96. The van der Waals surface area contributed by atoms with Gasteiger partial charge in [0.05, 0.1) is 17.8 Å². The Morgan fingerprint density at radius 1 is 1.26 bits per heavy atom. The summed E-state index contributed by atoms with van der Waals surface area (Å²) in [5.41, 5.74) is 2.30. The average molecular weight is 489 g/mol. The highest BCUT2D eigenvalue weighted by molar-refractivity contribution is 5.97. The van der Waals surface area contributed by atoms with Gasteiger partial charge in [-0.2, -0.15) is 13.9 Å². The van der Waals surface area contributed by atoms with E-state index >= 15 is 0 Å². The Morgan fingerprint density at radius 3 is 2.69 bits per heavy atom. The van der Waals surface area contributed by atoms with Gasteiger partial charge in [0.25, 0.3) is 11.8 Å². The Morgan fingerprint density at radius 2 is 2.00 bits per heavy atom. The molecule has 35 heavy (non-hydrogen) atoms.